The fraction of sp³-hybridized carbons (Fsp3) is 0.370. The summed E-state index contributed by atoms with van der Waals surface area (Å²) in [6.07, 6.45) is 1.04. The zero-order valence-electron chi connectivity index (χ0n) is 20.4. The standard InChI is InChI=1S/C27H32ClN5OS/c1-3-13-31(2)25-18-24(28)29-27(30-25)35-20-22-9-11-23(12-10-22)26(34)33-16-14-32(15-17-33)19-21-7-5-4-6-8-21/h4-12,18H,3,13-17,19-20H2,1-2H3. The van der Waals surface area contributed by atoms with Crippen molar-refractivity contribution in [1.82, 2.24) is 19.8 Å². The van der Waals surface area contributed by atoms with Crippen LogP contribution in [0.15, 0.2) is 65.8 Å². The van der Waals surface area contributed by atoms with Crippen molar-refractivity contribution in [3.05, 3.63) is 82.5 Å². The van der Waals surface area contributed by atoms with Crippen molar-refractivity contribution in [3.8, 4) is 0 Å². The summed E-state index contributed by atoms with van der Waals surface area (Å²) >= 11 is 7.76. The third kappa shape index (κ3) is 7.19. The molecule has 0 bridgehead atoms. The highest BCUT2D eigenvalue weighted by atomic mass is 35.5. The summed E-state index contributed by atoms with van der Waals surface area (Å²) in [5, 5.41) is 1.11. The molecule has 0 spiro atoms. The number of hydrogen-bond donors (Lipinski definition) is 0. The molecule has 3 aromatic rings. The van der Waals surface area contributed by atoms with Gasteiger partial charge in [0.05, 0.1) is 0 Å². The number of aromatic nitrogens is 2. The first kappa shape index (κ1) is 25.5. The van der Waals surface area contributed by atoms with E-state index in [9.17, 15) is 4.79 Å². The molecule has 4 rings (SSSR count). The average Bonchev–Trinajstić information content (AvgIpc) is 2.88. The Balaban J connectivity index is 1.29. The van der Waals surface area contributed by atoms with Gasteiger partial charge in [0, 0.05) is 63.7 Å². The van der Waals surface area contributed by atoms with Gasteiger partial charge in [0.25, 0.3) is 5.91 Å². The molecule has 6 nitrogen and oxygen atoms in total. The van der Waals surface area contributed by atoms with Gasteiger partial charge in [-0.2, -0.15) is 0 Å². The predicted octanol–water partition coefficient (Wildman–Crippen LogP) is 5.23. The predicted molar refractivity (Wildman–Crippen MR) is 144 cm³/mol. The van der Waals surface area contributed by atoms with Crippen LogP contribution in [0, 0.1) is 0 Å². The summed E-state index contributed by atoms with van der Waals surface area (Å²) in [6, 6.07) is 20.2. The lowest BCUT2D eigenvalue weighted by Crippen LogP contribution is -2.48. The largest absolute Gasteiger partial charge is 0.360 e. The fourth-order valence-electron chi connectivity index (χ4n) is 4.12. The highest BCUT2D eigenvalue weighted by molar-refractivity contribution is 7.98. The van der Waals surface area contributed by atoms with E-state index in [4.69, 9.17) is 11.6 Å². The molecule has 0 saturated carbocycles. The van der Waals surface area contributed by atoms with Gasteiger partial charge in [0.1, 0.15) is 11.0 Å². The molecule has 1 saturated heterocycles. The molecule has 0 N–H and O–H groups in total. The van der Waals surface area contributed by atoms with E-state index in [0.29, 0.717) is 16.1 Å². The second-order valence-corrected chi connectivity index (χ2v) is 10.1. The number of anilines is 1. The Morgan fingerprint density at radius 1 is 1.00 bits per heavy atom. The van der Waals surface area contributed by atoms with E-state index >= 15 is 0 Å². The van der Waals surface area contributed by atoms with Crippen molar-refractivity contribution < 1.29 is 4.79 Å². The van der Waals surface area contributed by atoms with Crippen LogP contribution in [0.3, 0.4) is 0 Å². The van der Waals surface area contributed by atoms with Crippen LogP contribution in [0.1, 0.15) is 34.8 Å². The van der Waals surface area contributed by atoms with Gasteiger partial charge in [-0.05, 0) is 29.7 Å². The van der Waals surface area contributed by atoms with Crippen LogP contribution in [0.4, 0.5) is 5.82 Å². The first-order valence-electron chi connectivity index (χ1n) is 12.0. The van der Waals surface area contributed by atoms with E-state index in [1.807, 2.05) is 42.3 Å². The lowest BCUT2D eigenvalue weighted by atomic mass is 10.1. The lowest BCUT2D eigenvalue weighted by Gasteiger charge is -2.34. The van der Waals surface area contributed by atoms with E-state index in [2.05, 4.69) is 51.0 Å². The highest BCUT2D eigenvalue weighted by Gasteiger charge is 2.22. The van der Waals surface area contributed by atoms with Crippen LogP contribution < -0.4 is 4.90 Å². The van der Waals surface area contributed by atoms with Crippen molar-refractivity contribution in [2.24, 2.45) is 0 Å². The second kappa shape index (κ2) is 12.4. The topological polar surface area (TPSA) is 52.6 Å². The van der Waals surface area contributed by atoms with Gasteiger partial charge < -0.3 is 9.80 Å². The van der Waals surface area contributed by atoms with Gasteiger partial charge in [0.2, 0.25) is 0 Å². The second-order valence-electron chi connectivity index (χ2n) is 8.79. The van der Waals surface area contributed by atoms with E-state index < -0.39 is 0 Å². The molecule has 1 aliphatic rings. The molecule has 35 heavy (non-hydrogen) atoms. The maximum Gasteiger partial charge on any atom is 0.253 e. The molecule has 1 amide bonds. The Morgan fingerprint density at radius 2 is 1.71 bits per heavy atom. The minimum absolute atomic E-state index is 0.102. The molecule has 0 atom stereocenters. The van der Waals surface area contributed by atoms with Crippen LogP contribution in [-0.4, -0.2) is 65.4 Å². The van der Waals surface area contributed by atoms with Gasteiger partial charge in [0.15, 0.2) is 5.16 Å². The Labute approximate surface area is 217 Å². The SMILES string of the molecule is CCCN(C)c1cc(Cl)nc(SCc2ccc(C(=O)N3CCN(Cc4ccccc4)CC3)cc2)n1. The summed E-state index contributed by atoms with van der Waals surface area (Å²) in [5.41, 5.74) is 3.16. The number of nitrogens with zero attached hydrogens (tertiary/aromatic N) is 5. The van der Waals surface area contributed by atoms with Crippen LogP contribution in [0.5, 0.6) is 0 Å². The molecule has 184 valence electrons. The van der Waals surface area contributed by atoms with Crippen molar-refractivity contribution in [3.63, 3.8) is 0 Å². The molecule has 0 aliphatic carbocycles. The molecule has 0 unspecified atom stereocenters. The summed E-state index contributed by atoms with van der Waals surface area (Å²) in [7, 11) is 2.01. The van der Waals surface area contributed by atoms with Crippen molar-refractivity contribution in [2.45, 2.75) is 30.8 Å². The molecule has 2 aromatic carbocycles. The van der Waals surface area contributed by atoms with Gasteiger partial charge in [-0.3, -0.25) is 9.69 Å². The molecule has 8 heteroatoms. The Hall–Kier alpha value is -2.61. The van der Waals surface area contributed by atoms with E-state index in [-0.39, 0.29) is 5.91 Å². The molecule has 2 heterocycles. The fourth-order valence-corrected chi connectivity index (χ4v) is 5.16. The summed E-state index contributed by atoms with van der Waals surface area (Å²) in [6.45, 7) is 7.27. The number of benzene rings is 2. The summed E-state index contributed by atoms with van der Waals surface area (Å²) in [4.78, 5) is 28.4. The molecular formula is C27H32ClN5OS. The highest BCUT2D eigenvalue weighted by Crippen LogP contribution is 2.24. The van der Waals surface area contributed by atoms with Crippen molar-refractivity contribution in [2.75, 3.05) is 44.7 Å². The van der Waals surface area contributed by atoms with Gasteiger partial charge >= 0.3 is 0 Å². The van der Waals surface area contributed by atoms with Gasteiger partial charge in [-0.25, -0.2) is 9.97 Å². The van der Waals surface area contributed by atoms with Crippen LogP contribution in [0.25, 0.3) is 0 Å². The van der Waals surface area contributed by atoms with Gasteiger partial charge in [-0.1, -0.05) is 72.8 Å². The minimum atomic E-state index is 0.102. The number of amides is 1. The monoisotopic (exact) mass is 509 g/mol. The number of carbonyl (C=O) groups is 1. The first-order chi connectivity index (χ1) is 17.0. The maximum absolute atomic E-state index is 13.0. The summed E-state index contributed by atoms with van der Waals surface area (Å²) < 4.78 is 0. The third-order valence-corrected chi connectivity index (χ3v) is 7.20. The Bertz CT molecular complexity index is 1100. The quantitative estimate of drug-likeness (QED) is 0.224. The minimum Gasteiger partial charge on any atom is -0.360 e. The smallest absolute Gasteiger partial charge is 0.253 e. The number of thioether (sulfide) groups is 1. The number of halogens is 1. The van der Waals surface area contributed by atoms with Crippen molar-refractivity contribution >= 4 is 35.1 Å². The molecule has 0 radical (unpaired) electrons. The first-order valence-corrected chi connectivity index (χ1v) is 13.4. The van der Waals surface area contributed by atoms with E-state index in [0.717, 1.165) is 62.6 Å². The number of rotatable bonds is 9. The third-order valence-electron chi connectivity index (χ3n) is 6.09. The number of hydrogen-bond acceptors (Lipinski definition) is 6. The number of carbonyl (C=O) groups excluding carboxylic acids is 1. The number of piperazine rings is 1. The molecule has 1 aliphatic heterocycles. The van der Waals surface area contributed by atoms with Crippen LogP contribution in [-0.2, 0) is 12.3 Å². The van der Waals surface area contributed by atoms with Crippen LogP contribution >= 0.6 is 23.4 Å². The van der Waals surface area contributed by atoms with E-state index in [1.54, 1.807) is 17.8 Å². The molecule has 1 fully saturated rings. The van der Waals surface area contributed by atoms with E-state index in [1.165, 1.54) is 5.56 Å². The lowest BCUT2D eigenvalue weighted by molar-refractivity contribution is 0.0628. The zero-order chi connectivity index (χ0) is 24.6. The zero-order valence-corrected chi connectivity index (χ0v) is 21.9. The Morgan fingerprint density at radius 3 is 2.40 bits per heavy atom. The molecule has 1 aromatic heterocycles. The normalized spacial score (nSPS) is 14.2. The maximum atomic E-state index is 13.0. The molecular weight excluding hydrogens is 478 g/mol. The van der Waals surface area contributed by atoms with Crippen LogP contribution in [0.2, 0.25) is 5.15 Å². The summed E-state index contributed by atoms with van der Waals surface area (Å²) in [5.74, 6) is 1.65. The average molecular weight is 510 g/mol. The Kier molecular flexibility index (Phi) is 9.01. The van der Waals surface area contributed by atoms with Crippen molar-refractivity contribution in [1.29, 1.82) is 0 Å². The van der Waals surface area contributed by atoms with Gasteiger partial charge in [-0.15, -0.1) is 0 Å².